The number of aromatic nitrogens is 5. The highest BCUT2D eigenvalue weighted by Gasteiger charge is 2.55. The van der Waals surface area contributed by atoms with Crippen LogP contribution in [0.25, 0.3) is 11.0 Å². The molecule has 3 aromatic heterocycles. The van der Waals surface area contributed by atoms with Crippen molar-refractivity contribution in [2.45, 2.75) is 12.5 Å². The molecule has 0 aromatic carbocycles. The van der Waals surface area contributed by atoms with Crippen molar-refractivity contribution in [2.75, 3.05) is 13.1 Å². The minimum Gasteiger partial charge on any atom is -0.337 e. The van der Waals surface area contributed by atoms with Gasteiger partial charge in [-0.2, -0.15) is 4.98 Å². The largest absolute Gasteiger partial charge is 0.337 e. The molecular weight excluding hydrogens is 296 g/mol. The van der Waals surface area contributed by atoms with Crippen LogP contribution in [0.4, 0.5) is 0 Å². The lowest BCUT2D eigenvalue weighted by Gasteiger charge is -2.02. The molecule has 0 bridgehead atoms. The highest BCUT2D eigenvalue weighted by molar-refractivity contribution is 5.72. The molecular formula is C15H14N6O2. The molecule has 2 unspecified atom stereocenters. The standard InChI is InChI=1S/C15H14N6O2/c22-15-8-2-1-3-17-13(8)18-7-21(15)6-11-19-14(20-23-11)12-9-4-16-5-10(9)12/h1-3,7,9-10,12,16H,4-6H2. The average Bonchev–Trinajstić information content (AvgIpc) is 2.96. The second-order valence-corrected chi connectivity index (χ2v) is 6.11. The zero-order chi connectivity index (χ0) is 15.4. The molecule has 0 spiro atoms. The number of rotatable bonds is 3. The quantitative estimate of drug-likeness (QED) is 0.735. The van der Waals surface area contributed by atoms with Gasteiger partial charge in [0.15, 0.2) is 11.5 Å². The molecule has 2 fully saturated rings. The third kappa shape index (κ3) is 1.98. The van der Waals surface area contributed by atoms with Crippen molar-refractivity contribution in [1.82, 2.24) is 30.0 Å². The molecule has 2 atom stereocenters. The number of pyridine rings is 1. The fraction of sp³-hybridized carbons (Fsp3) is 0.400. The summed E-state index contributed by atoms with van der Waals surface area (Å²) in [5.74, 6) is 2.88. The molecule has 4 heterocycles. The lowest BCUT2D eigenvalue weighted by molar-refractivity contribution is 0.363. The highest BCUT2D eigenvalue weighted by atomic mass is 16.5. The Labute approximate surface area is 130 Å². The van der Waals surface area contributed by atoms with Crippen molar-refractivity contribution in [3.05, 3.63) is 46.7 Å². The maximum Gasteiger partial charge on any atom is 0.263 e. The van der Waals surface area contributed by atoms with Crippen LogP contribution in [0.1, 0.15) is 17.6 Å². The summed E-state index contributed by atoms with van der Waals surface area (Å²) < 4.78 is 6.79. The highest BCUT2D eigenvalue weighted by Crippen LogP contribution is 2.54. The monoisotopic (exact) mass is 310 g/mol. The first-order valence-corrected chi connectivity index (χ1v) is 7.64. The van der Waals surface area contributed by atoms with Crippen LogP contribution in [-0.4, -0.2) is 37.8 Å². The molecule has 8 nitrogen and oxygen atoms in total. The fourth-order valence-electron chi connectivity index (χ4n) is 3.53. The lowest BCUT2D eigenvalue weighted by atomic mass is 10.3. The van der Waals surface area contributed by atoms with Crippen molar-refractivity contribution in [3.8, 4) is 0 Å². The molecule has 1 aliphatic heterocycles. The van der Waals surface area contributed by atoms with Gasteiger partial charge in [-0.25, -0.2) is 9.97 Å². The van der Waals surface area contributed by atoms with Crippen molar-refractivity contribution in [1.29, 1.82) is 0 Å². The van der Waals surface area contributed by atoms with Crippen LogP contribution < -0.4 is 10.9 Å². The average molecular weight is 310 g/mol. The van der Waals surface area contributed by atoms with Crippen LogP contribution >= 0.6 is 0 Å². The zero-order valence-electron chi connectivity index (χ0n) is 12.2. The Morgan fingerprint density at radius 1 is 1.30 bits per heavy atom. The van der Waals surface area contributed by atoms with Gasteiger partial charge < -0.3 is 9.84 Å². The summed E-state index contributed by atoms with van der Waals surface area (Å²) in [5.41, 5.74) is 0.286. The van der Waals surface area contributed by atoms with E-state index in [1.54, 1.807) is 18.3 Å². The number of piperidine rings is 1. The molecule has 1 N–H and O–H groups in total. The first-order chi connectivity index (χ1) is 11.3. The van der Waals surface area contributed by atoms with Crippen molar-refractivity contribution in [3.63, 3.8) is 0 Å². The van der Waals surface area contributed by atoms with Gasteiger partial charge in [-0.15, -0.1) is 0 Å². The van der Waals surface area contributed by atoms with E-state index in [1.165, 1.54) is 10.9 Å². The maximum atomic E-state index is 12.4. The molecule has 3 aromatic rings. The van der Waals surface area contributed by atoms with E-state index >= 15 is 0 Å². The number of nitrogens with zero attached hydrogens (tertiary/aromatic N) is 5. The number of hydrogen-bond donors (Lipinski definition) is 1. The van der Waals surface area contributed by atoms with E-state index in [-0.39, 0.29) is 12.1 Å². The van der Waals surface area contributed by atoms with E-state index in [0.29, 0.717) is 34.7 Å². The molecule has 8 heteroatoms. The summed E-state index contributed by atoms with van der Waals surface area (Å²) in [6.07, 6.45) is 3.09. The molecule has 1 saturated heterocycles. The van der Waals surface area contributed by atoms with Gasteiger partial charge in [-0.05, 0) is 37.1 Å². The van der Waals surface area contributed by atoms with Crippen LogP contribution in [-0.2, 0) is 6.54 Å². The van der Waals surface area contributed by atoms with Crippen molar-refractivity contribution >= 4 is 11.0 Å². The molecule has 2 aliphatic rings. The molecule has 0 radical (unpaired) electrons. The zero-order valence-corrected chi connectivity index (χ0v) is 12.2. The predicted molar refractivity (Wildman–Crippen MR) is 79.8 cm³/mol. The van der Waals surface area contributed by atoms with Gasteiger partial charge in [-0.3, -0.25) is 9.36 Å². The predicted octanol–water partition coefficient (Wildman–Crippen LogP) is 0.156. The Hall–Kier alpha value is -2.61. The van der Waals surface area contributed by atoms with Crippen LogP contribution in [0.5, 0.6) is 0 Å². The van der Waals surface area contributed by atoms with Gasteiger partial charge in [0.05, 0.1) is 5.39 Å². The fourth-order valence-corrected chi connectivity index (χ4v) is 3.53. The second-order valence-electron chi connectivity index (χ2n) is 6.11. The molecule has 116 valence electrons. The number of fused-ring (bicyclic) bond motifs is 2. The molecule has 23 heavy (non-hydrogen) atoms. The van der Waals surface area contributed by atoms with Crippen molar-refractivity contribution < 1.29 is 4.52 Å². The Kier molecular flexibility index (Phi) is 2.63. The van der Waals surface area contributed by atoms with E-state index in [4.69, 9.17) is 4.52 Å². The van der Waals surface area contributed by atoms with Crippen LogP contribution in [0.15, 0.2) is 34.0 Å². The van der Waals surface area contributed by atoms with Crippen LogP contribution in [0.3, 0.4) is 0 Å². The summed E-state index contributed by atoms with van der Waals surface area (Å²) >= 11 is 0. The number of hydrogen-bond acceptors (Lipinski definition) is 7. The Balaban J connectivity index is 1.43. The second kappa shape index (κ2) is 4.69. The first-order valence-electron chi connectivity index (χ1n) is 7.64. The van der Waals surface area contributed by atoms with Crippen LogP contribution in [0.2, 0.25) is 0 Å². The lowest BCUT2D eigenvalue weighted by Crippen LogP contribution is -2.21. The first kappa shape index (κ1) is 12.9. The minimum absolute atomic E-state index is 0.157. The summed E-state index contributed by atoms with van der Waals surface area (Å²) in [6.45, 7) is 2.28. The van der Waals surface area contributed by atoms with E-state index in [2.05, 4.69) is 25.4 Å². The van der Waals surface area contributed by atoms with Gasteiger partial charge in [-0.1, -0.05) is 5.16 Å². The maximum absolute atomic E-state index is 12.4. The summed E-state index contributed by atoms with van der Waals surface area (Å²) in [5, 5.41) is 7.92. The Morgan fingerprint density at radius 3 is 3.04 bits per heavy atom. The number of nitrogens with one attached hydrogen (secondary N) is 1. The molecule has 1 aliphatic carbocycles. The normalized spacial score (nSPS) is 25.7. The summed E-state index contributed by atoms with van der Waals surface area (Å²) in [7, 11) is 0. The van der Waals surface area contributed by atoms with Gasteiger partial charge in [0, 0.05) is 12.1 Å². The van der Waals surface area contributed by atoms with E-state index in [0.717, 1.165) is 18.9 Å². The van der Waals surface area contributed by atoms with E-state index in [9.17, 15) is 4.79 Å². The molecule has 5 rings (SSSR count). The summed E-state index contributed by atoms with van der Waals surface area (Å²) in [4.78, 5) is 25.2. The smallest absolute Gasteiger partial charge is 0.263 e. The topological polar surface area (TPSA) is 98.7 Å². The van der Waals surface area contributed by atoms with Gasteiger partial charge in [0.2, 0.25) is 5.89 Å². The van der Waals surface area contributed by atoms with Gasteiger partial charge in [0.25, 0.3) is 5.56 Å². The van der Waals surface area contributed by atoms with Gasteiger partial charge >= 0.3 is 0 Å². The third-order valence-corrected chi connectivity index (χ3v) is 4.78. The van der Waals surface area contributed by atoms with Crippen LogP contribution in [0, 0.1) is 11.8 Å². The van der Waals surface area contributed by atoms with E-state index < -0.39 is 0 Å². The molecule has 1 saturated carbocycles. The molecule has 0 amide bonds. The van der Waals surface area contributed by atoms with Gasteiger partial charge in [0.1, 0.15) is 12.9 Å². The van der Waals surface area contributed by atoms with E-state index in [1.807, 2.05) is 0 Å². The van der Waals surface area contributed by atoms with Crippen molar-refractivity contribution in [2.24, 2.45) is 11.8 Å². The Bertz CT molecular complexity index is 938. The third-order valence-electron chi connectivity index (χ3n) is 4.78. The Morgan fingerprint density at radius 2 is 2.17 bits per heavy atom. The minimum atomic E-state index is -0.157. The SMILES string of the molecule is O=c1c2cccnc2ncn1Cc1nc(C2C3CNCC32)no1. The summed E-state index contributed by atoms with van der Waals surface area (Å²) in [6, 6.07) is 3.44.